The van der Waals surface area contributed by atoms with Gasteiger partial charge in [-0.05, 0) is 63.2 Å². The van der Waals surface area contributed by atoms with Crippen LogP contribution in [-0.2, 0) is 0 Å². The summed E-state index contributed by atoms with van der Waals surface area (Å²) in [7, 11) is 0. The first-order valence-corrected chi connectivity index (χ1v) is 8.53. The number of nitrogens with zero attached hydrogens (tertiary/aromatic N) is 1. The van der Waals surface area contributed by atoms with Crippen molar-refractivity contribution in [3.05, 3.63) is 23.9 Å². The molecule has 0 bridgehead atoms. The number of hydrogen-bond donors (Lipinski definition) is 0. The SMILES string of the molecule is C=C(C)N(CCCC)CC1CC1(C)C1CC=C(C)CC1. The van der Waals surface area contributed by atoms with Crippen molar-refractivity contribution in [3.63, 3.8) is 0 Å². The van der Waals surface area contributed by atoms with Crippen LogP contribution in [0.4, 0.5) is 0 Å². The van der Waals surface area contributed by atoms with Crippen molar-refractivity contribution in [1.82, 2.24) is 4.90 Å². The van der Waals surface area contributed by atoms with Gasteiger partial charge in [0.25, 0.3) is 0 Å². The van der Waals surface area contributed by atoms with Gasteiger partial charge >= 0.3 is 0 Å². The van der Waals surface area contributed by atoms with Crippen LogP contribution >= 0.6 is 0 Å². The van der Waals surface area contributed by atoms with Gasteiger partial charge in [-0.2, -0.15) is 0 Å². The Morgan fingerprint density at radius 2 is 2.25 bits per heavy atom. The summed E-state index contributed by atoms with van der Waals surface area (Å²) in [4.78, 5) is 2.53. The highest BCUT2D eigenvalue weighted by atomic mass is 15.1. The van der Waals surface area contributed by atoms with Gasteiger partial charge in [-0.25, -0.2) is 0 Å². The second kappa shape index (κ2) is 6.37. The van der Waals surface area contributed by atoms with Crippen LogP contribution in [-0.4, -0.2) is 18.0 Å². The van der Waals surface area contributed by atoms with Crippen LogP contribution in [0, 0.1) is 17.3 Å². The Kier molecular flexibility index (Phi) is 4.99. The molecule has 0 aromatic carbocycles. The number of hydrogen-bond acceptors (Lipinski definition) is 1. The van der Waals surface area contributed by atoms with E-state index in [4.69, 9.17) is 0 Å². The van der Waals surface area contributed by atoms with E-state index in [1.807, 2.05) is 0 Å². The van der Waals surface area contributed by atoms with Gasteiger partial charge in [0, 0.05) is 18.8 Å². The van der Waals surface area contributed by atoms with Gasteiger partial charge in [0.1, 0.15) is 0 Å². The Bertz CT molecular complexity index is 381. The van der Waals surface area contributed by atoms with Crippen molar-refractivity contribution in [1.29, 1.82) is 0 Å². The molecule has 1 nitrogen and oxygen atoms in total. The molecule has 0 aromatic rings. The highest BCUT2D eigenvalue weighted by Crippen LogP contribution is 2.60. The van der Waals surface area contributed by atoms with E-state index in [0.29, 0.717) is 5.41 Å². The Morgan fingerprint density at radius 1 is 1.50 bits per heavy atom. The molecule has 3 atom stereocenters. The molecule has 2 aliphatic rings. The Labute approximate surface area is 126 Å². The molecule has 1 heteroatoms. The minimum absolute atomic E-state index is 0.608. The van der Waals surface area contributed by atoms with Crippen molar-refractivity contribution >= 4 is 0 Å². The maximum absolute atomic E-state index is 4.18. The van der Waals surface area contributed by atoms with Crippen LogP contribution < -0.4 is 0 Å². The number of allylic oxidation sites excluding steroid dienone is 3. The summed E-state index contributed by atoms with van der Waals surface area (Å²) in [6.45, 7) is 15.9. The zero-order chi connectivity index (χ0) is 14.8. The molecule has 0 aromatic heterocycles. The van der Waals surface area contributed by atoms with E-state index < -0.39 is 0 Å². The molecule has 0 aliphatic heterocycles. The second-order valence-corrected chi connectivity index (χ2v) is 7.46. The van der Waals surface area contributed by atoms with E-state index in [-0.39, 0.29) is 0 Å². The predicted octanol–water partition coefficient (Wildman–Crippen LogP) is 5.39. The van der Waals surface area contributed by atoms with Gasteiger partial charge in [-0.3, -0.25) is 0 Å². The lowest BCUT2D eigenvalue weighted by atomic mass is 9.78. The topological polar surface area (TPSA) is 3.24 Å². The van der Waals surface area contributed by atoms with Crippen molar-refractivity contribution in [2.75, 3.05) is 13.1 Å². The Morgan fingerprint density at radius 3 is 2.80 bits per heavy atom. The molecule has 2 rings (SSSR count). The number of unbranched alkanes of at least 4 members (excludes halogenated alkanes) is 1. The van der Waals surface area contributed by atoms with E-state index in [9.17, 15) is 0 Å². The first-order chi connectivity index (χ1) is 9.47. The monoisotopic (exact) mass is 275 g/mol. The number of rotatable bonds is 7. The third-order valence-electron chi connectivity index (χ3n) is 5.79. The normalized spacial score (nSPS) is 32.7. The van der Waals surface area contributed by atoms with Crippen molar-refractivity contribution < 1.29 is 0 Å². The van der Waals surface area contributed by atoms with Crippen LogP contribution in [0.1, 0.15) is 66.2 Å². The summed E-state index contributed by atoms with van der Waals surface area (Å²) in [6.07, 6.45) is 10.5. The van der Waals surface area contributed by atoms with E-state index in [1.165, 1.54) is 57.3 Å². The molecule has 1 saturated carbocycles. The quantitative estimate of drug-likeness (QED) is 0.563. The van der Waals surface area contributed by atoms with Crippen LogP contribution in [0.15, 0.2) is 23.9 Å². The van der Waals surface area contributed by atoms with Gasteiger partial charge in [0.05, 0.1) is 0 Å². The highest BCUT2D eigenvalue weighted by molar-refractivity contribution is 5.12. The molecule has 0 N–H and O–H groups in total. The van der Waals surface area contributed by atoms with Gasteiger partial charge < -0.3 is 4.90 Å². The van der Waals surface area contributed by atoms with Crippen molar-refractivity contribution in [2.45, 2.75) is 66.2 Å². The Balaban J connectivity index is 1.87. The molecule has 0 amide bonds. The minimum Gasteiger partial charge on any atom is -0.375 e. The van der Waals surface area contributed by atoms with Crippen molar-refractivity contribution in [3.8, 4) is 0 Å². The fraction of sp³-hybridized carbons (Fsp3) is 0.789. The first-order valence-electron chi connectivity index (χ1n) is 8.53. The van der Waals surface area contributed by atoms with Crippen LogP contribution in [0.5, 0.6) is 0 Å². The molecular formula is C19H33N. The standard InChI is InChI=1S/C19H33N/c1-6-7-12-20(15(2)3)14-18-13-19(18,5)17-10-8-16(4)9-11-17/h8,17-18H,2,6-7,9-14H2,1,3-5H3. The van der Waals surface area contributed by atoms with Crippen molar-refractivity contribution in [2.24, 2.45) is 17.3 Å². The zero-order valence-electron chi connectivity index (χ0n) is 14.0. The lowest BCUT2D eigenvalue weighted by molar-refractivity contribution is 0.243. The van der Waals surface area contributed by atoms with Crippen LogP contribution in [0.3, 0.4) is 0 Å². The molecule has 0 spiro atoms. The third-order valence-corrected chi connectivity index (χ3v) is 5.79. The maximum atomic E-state index is 4.18. The minimum atomic E-state index is 0.608. The fourth-order valence-electron chi connectivity index (χ4n) is 3.86. The van der Waals surface area contributed by atoms with Gasteiger partial charge in [0.2, 0.25) is 0 Å². The lowest BCUT2D eigenvalue weighted by Crippen LogP contribution is -2.28. The summed E-state index contributed by atoms with van der Waals surface area (Å²) in [6, 6.07) is 0. The summed E-state index contributed by atoms with van der Waals surface area (Å²) >= 11 is 0. The van der Waals surface area contributed by atoms with Gasteiger partial charge in [-0.1, -0.05) is 38.5 Å². The first kappa shape index (κ1) is 15.7. The van der Waals surface area contributed by atoms with E-state index in [1.54, 1.807) is 5.57 Å². The van der Waals surface area contributed by atoms with E-state index in [0.717, 1.165) is 11.8 Å². The zero-order valence-corrected chi connectivity index (χ0v) is 14.0. The second-order valence-electron chi connectivity index (χ2n) is 7.46. The maximum Gasteiger partial charge on any atom is 0.0208 e. The molecule has 1 fully saturated rings. The third kappa shape index (κ3) is 3.48. The molecule has 3 unspecified atom stereocenters. The van der Waals surface area contributed by atoms with E-state index in [2.05, 4.69) is 45.2 Å². The smallest absolute Gasteiger partial charge is 0.0208 e. The summed E-state index contributed by atoms with van der Waals surface area (Å²) < 4.78 is 0. The van der Waals surface area contributed by atoms with Gasteiger partial charge in [-0.15, -0.1) is 0 Å². The largest absolute Gasteiger partial charge is 0.375 e. The highest BCUT2D eigenvalue weighted by Gasteiger charge is 2.54. The summed E-state index contributed by atoms with van der Waals surface area (Å²) in [5.74, 6) is 1.82. The summed E-state index contributed by atoms with van der Waals surface area (Å²) in [5.41, 5.74) is 3.47. The molecule has 2 aliphatic carbocycles. The molecule has 0 radical (unpaired) electrons. The average Bonchev–Trinajstić information content (AvgIpc) is 3.06. The lowest BCUT2D eigenvalue weighted by Gasteiger charge is -2.30. The molecular weight excluding hydrogens is 242 g/mol. The average molecular weight is 275 g/mol. The van der Waals surface area contributed by atoms with Crippen LogP contribution in [0.2, 0.25) is 0 Å². The molecule has 0 heterocycles. The fourth-order valence-corrected chi connectivity index (χ4v) is 3.86. The van der Waals surface area contributed by atoms with Gasteiger partial charge in [0.15, 0.2) is 0 Å². The Hall–Kier alpha value is -0.720. The summed E-state index contributed by atoms with van der Waals surface area (Å²) in [5, 5.41) is 0. The molecule has 20 heavy (non-hydrogen) atoms. The molecule has 0 saturated heterocycles. The van der Waals surface area contributed by atoms with Crippen LogP contribution in [0.25, 0.3) is 0 Å². The predicted molar refractivity (Wildman–Crippen MR) is 88.6 cm³/mol. The van der Waals surface area contributed by atoms with E-state index >= 15 is 0 Å². The molecule has 114 valence electrons.